The van der Waals surface area contributed by atoms with Crippen LogP contribution in [-0.2, 0) is 6.54 Å². The van der Waals surface area contributed by atoms with Crippen LogP contribution in [0.3, 0.4) is 0 Å². The minimum absolute atomic E-state index is 0.675. The SMILES string of the molecule is Cc1cnc(CNC2CCN(C(C)C)CC2)s1. The van der Waals surface area contributed by atoms with Gasteiger partial charge in [-0.2, -0.15) is 0 Å². The molecule has 2 rings (SSSR count). The maximum atomic E-state index is 4.39. The molecule has 0 atom stereocenters. The normalized spacial score (nSPS) is 19.1. The Kier molecular flexibility index (Phi) is 4.54. The number of thiazole rings is 1. The van der Waals surface area contributed by atoms with Gasteiger partial charge in [-0.1, -0.05) is 0 Å². The molecule has 1 aromatic rings. The Bertz CT molecular complexity index is 340. The van der Waals surface area contributed by atoms with Gasteiger partial charge in [-0.3, -0.25) is 0 Å². The molecule has 2 heterocycles. The first-order valence-corrected chi connectivity index (χ1v) is 7.35. The fourth-order valence-electron chi connectivity index (χ4n) is 2.33. The summed E-state index contributed by atoms with van der Waals surface area (Å²) in [7, 11) is 0. The molecule has 1 aromatic heterocycles. The summed E-state index contributed by atoms with van der Waals surface area (Å²) >= 11 is 1.80. The highest BCUT2D eigenvalue weighted by molar-refractivity contribution is 7.11. The predicted molar refractivity (Wildman–Crippen MR) is 73.4 cm³/mol. The van der Waals surface area contributed by atoms with Crippen LogP contribution < -0.4 is 5.32 Å². The van der Waals surface area contributed by atoms with Crippen LogP contribution in [0.2, 0.25) is 0 Å². The lowest BCUT2D eigenvalue weighted by Gasteiger charge is -2.34. The molecule has 0 unspecified atom stereocenters. The maximum Gasteiger partial charge on any atom is 0.107 e. The highest BCUT2D eigenvalue weighted by Gasteiger charge is 2.20. The van der Waals surface area contributed by atoms with Crippen LogP contribution in [-0.4, -0.2) is 35.1 Å². The molecule has 1 saturated heterocycles. The van der Waals surface area contributed by atoms with Crippen LogP contribution in [0.15, 0.2) is 6.20 Å². The number of nitrogens with zero attached hydrogens (tertiary/aromatic N) is 2. The topological polar surface area (TPSA) is 28.2 Å². The van der Waals surface area contributed by atoms with Crippen molar-refractivity contribution in [1.29, 1.82) is 0 Å². The Morgan fingerprint density at radius 1 is 1.47 bits per heavy atom. The summed E-state index contributed by atoms with van der Waals surface area (Å²) in [6.07, 6.45) is 4.49. The van der Waals surface area contributed by atoms with Crippen LogP contribution in [0.5, 0.6) is 0 Å². The Labute approximate surface area is 108 Å². The summed E-state index contributed by atoms with van der Waals surface area (Å²) in [6, 6.07) is 1.37. The molecule has 0 aliphatic carbocycles. The Morgan fingerprint density at radius 3 is 2.71 bits per heavy atom. The average Bonchev–Trinajstić information content (AvgIpc) is 2.73. The zero-order valence-electron chi connectivity index (χ0n) is 11.1. The van der Waals surface area contributed by atoms with Gasteiger partial charge in [0.25, 0.3) is 0 Å². The molecule has 3 nitrogen and oxygen atoms in total. The van der Waals surface area contributed by atoms with E-state index in [1.165, 1.54) is 35.8 Å². The molecule has 0 radical (unpaired) electrons. The van der Waals surface area contributed by atoms with Gasteiger partial charge < -0.3 is 10.2 Å². The smallest absolute Gasteiger partial charge is 0.107 e. The summed E-state index contributed by atoms with van der Waals surface area (Å²) in [5.41, 5.74) is 0. The number of likely N-dealkylation sites (tertiary alicyclic amines) is 1. The van der Waals surface area contributed by atoms with Gasteiger partial charge in [-0.25, -0.2) is 4.98 Å². The Hall–Kier alpha value is -0.450. The van der Waals surface area contributed by atoms with E-state index in [-0.39, 0.29) is 0 Å². The van der Waals surface area contributed by atoms with E-state index in [2.05, 4.69) is 36.0 Å². The molecule has 0 aromatic carbocycles. The van der Waals surface area contributed by atoms with E-state index in [4.69, 9.17) is 0 Å². The first-order valence-electron chi connectivity index (χ1n) is 6.54. The van der Waals surface area contributed by atoms with Gasteiger partial charge in [-0.05, 0) is 46.7 Å². The molecule has 0 saturated carbocycles. The summed E-state index contributed by atoms with van der Waals surface area (Å²) < 4.78 is 0. The van der Waals surface area contributed by atoms with Crippen molar-refractivity contribution in [3.8, 4) is 0 Å². The first-order chi connectivity index (χ1) is 8.15. The molecule has 17 heavy (non-hydrogen) atoms. The molecule has 96 valence electrons. The fourth-order valence-corrected chi connectivity index (χ4v) is 3.07. The van der Waals surface area contributed by atoms with Gasteiger partial charge in [0, 0.05) is 29.7 Å². The first kappa shape index (κ1) is 13.0. The third-order valence-electron chi connectivity index (χ3n) is 3.47. The highest BCUT2D eigenvalue weighted by Crippen LogP contribution is 2.15. The fraction of sp³-hybridized carbons (Fsp3) is 0.769. The van der Waals surface area contributed by atoms with Crippen LogP contribution in [0.4, 0.5) is 0 Å². The standard InChI is InChI=1S/C13H23N3S/c1-10(2)16-6-4-12(5-7-16)14-9-13-15-8-11(3)17-13/h8,10,12,14H,4-7,9H2,1-3H3. The second-order valence-electron chi connectivity index (χ2n) is 5.15. The molecule has 0 bridgehead atoms. The molecule has 0 amide bonds. The zero-order chi connectivity index (χ0) is 12.3. The minimum Gasteiger partial charge on any atom is -0.308 e. The number of hydrogen-bond acceptors (Lipinski definition) is 4. The zero-order valence-corrected chi connectivity index (χ0v) is 11.9. The highest BCUT2D eigenvalue weighted by atomic mass is 32.1. The average molecular weight is 253 g/mol. The summed E-state index contributed by atoms with van der Waals surface area (Å²) in [4.78, 5) is 8.25. The van der Waals surface area contributed by atoms with Crippen molar-refractivity contribution >= 4 is 11.3 Å². The number of aryl methyl sites for hydroxylation is 1. The second kappa shape index (κ2) is 5.94. The van der Waals surface area contributed by atoms with E-state index in [9.17, 15) is 0 Å². The number of rotatable bonds is 4. The lowest BCUT2D eigenvalue weighted by molar-refractivity contribution is 0.161. The van der Waals surface area contributed by atoms with E-state index >= 15 is 0 Å². The van der Waals surface area contributed by atoms with E-state index < -0.39 is 0 Å². The number of piperidine rings is 1. The molecule has 1 N–H and O–H groups in total. The van der Waals surface area contributed by atoms with E-state index in [0.29, 0.717) is 12.1 Å². The van der Waals surface area contributed by atoms with E-state index in [0.717, 1.165) is 6.54 Å². The van der Waals surface area contributed by atoms with Gasteiger partial charge in [-0.15, -0.1) is 11.3 Å². The summed E-state index contributed by atoms with van der Waals surface area (Å²) in [5.74, 6) is 0. The molecule has 0 spiro atoms. The quantitative estimate of drug-likeness (QED) is 0.893. The van der Waals surface area contributed by atoms with Crippen molar-refractivity contribution in [1.82, 2.24) is 15.2 Å². The van der Waals surface area contributed by atoms with E-state index in [1.807, 2.05) is 6.20 Å². The number of hydrogen-bond donors (Lipinski definition) is 1. The lowest BCUT2D eigenvalue weighted by atomic mass is 10.0. The van der Waals surface area contributed by atoms with Gasteiger partial charge in [0.05, 0.1) is 0 Å². The molecule has 1 aliphatic heterocycles. The van der Waals surface area contributed by atoms with Crippen molar-refractivity contribution in [3.05, 3.63) is 16.1 Å². The van der Waals surface area contributed by atoms with Crippen LogP contribution in [0.1, 0.15) is 36.6 Å². The van der Waals surface area contributed by atoms with E-state index in [1.54, 1.807) is 11.3 Å². The van der Waals surface area contributed by atoms with Crippen LogP contribution in [0.25, 0.3) is 0 Å². The number of nitrogens with one attached hydrogen (secondary N) is 1. The number of aromatic nitrogens is 1. The van der Waals surface area contributed by atoms with Crippen molar-refractivity contribution in [2.75, 3.05) is 13.1 Å². The molecule has 4 heteroatoms. The van der Waals surface area contributed by atoms with Crippen molar-refractivity contribution in [2.45, 2.75) is 52.2 Å². The molecular formula is C13H23N3S. The Balaban J connectivity index is 1.71. The van der Waals surface area contributed by atoms with Gasteiger partial charge in [0.15, 0.2) is 0 Å². The third-order valence-corrected chi connectivity index (χ3v) is 4.38. The van der Waals surface area contributed by atoms with Gasteiger partial charge in [0.2, 0.25) is 0 Å². The van der Waals surface area contributed by atoms with Crippen LogP contribution >= 0.6 is 11.3 Å². The Morgan fingerprint density at radius 2 is 2.18 bits per heavy atom. The summed E-state index contributed by atoms with van der Waals surface area (Å²) in [6.45, 7) is 10.1. The summed E-state index contributed by atoms with van der Waals surface area (Å²) in [5, 5.41) is 4.85. The monoisotopic (exact) mass is 253 g/mol. The third kappa shape index (κ3) is 3.76. The molecular weight excluding hydrogens is 230 g/mol. The second-order valence-corrected chi connectivity index (χ2v) is 6.47. The maximum absolute atomic E-state index is 4.39. The lowest BCUT2D eigenvalue weighted by Crippen LogP contribution is -2.44. The van der Waals surface area contributed by atoms with Crippen molar-refractivity contribution in [3.63, 3.8) is 0 Å². The van der Waals surface area contributed by atoms with Crippen molar-refractivity contribution in [2.24, 2.45) is 0 Å². The molecule has 1 aliphatic rings. The van der Waals surface area contributed by atoms with Crippen molar-refractivity contribution < 1.29 is 0 Å². The minimum atomic E-state index is 0.675. The van der Waals surface area contributed by atoms with Gasteiger partial charge >= 0.3 is 0 Å². The van der Waals surface area contributed by atoms with Crippen LogP contribution in [0, 0.1) is 6.92 Å². The molecule has 1 fully saturated rings. The predicted octanol–water partition coefficient (Wildman–Crippen LogP) is 2.41. The van der Waals surface area contributed by atoms with Gasteiger partial charge in [0.1, 0.15) is 5.01 Å². The largest absolute Gasteiger partial charge is 0.308 e.